The van der Waals surface area contributed by atoms with Crippen LogP contribution < -0.4 is 20.1 Å². The Kier molecular flexibility index (Phi) is 7.60. The molecule has 0 aromatic heterocycles. The summed E-state index contributed by atoms with van der Waals surface area (Å²) in [5, 5.41) is 5.38. The molecule has 0 heterocycles. The van der Waals surface area contributed by atoms with Gasteiger partial charge in [-0.15, -0.1) is 0 Å². The third-order valence-electron chi connectivity index (χ3n) is 3.71. The molecule has 2 aromatic carbocycles. The third-order valence-corrected chi connectivity index (χ3v) is 5.55. The maximum atomic E-state index is 12.5. The summed E-state index contributed by atoms with van der Waals surface area (Å²) in [5.74, 6) is -0.376. The molecule has 8 nitrogen and oxygen atoms in total. The summed E-state index contributed by atoms with van der Waals surface area (Å²) < 4.78 is 32.7. The number of nitrogens with one attached hydrogen (secondary N) is 3. The molecule has 0 saturated heterocycles. The van der Waals surface area contributed by atoms with E-state index in [4.69, 9.17) is 16.3 Å². The number of carbonyl (C=O) groups excluding carboxylic acids is 2. The first kappa shape index (κ1) is 22.7. The summed E-state index contributed by atoms with van der Waals surface area (Å²) >= 11 is 6.04. The van der Waals surface area contributed by atoms with Crippen LogP contribution in [0.25, 0.3) is 0 Å². The maximum Gasteiger partial charge on any atom is 0.242 e. The second kappa shape index (κ2) is 9.73. The van der Waals surface area contributed by atoms with Crippen molar-refractivity contribution in [2.45, 2.75) is 31.7 Å². The summed E-state index contributed by atoms with van der Waals surface area (Å²) in [7, 11) is -3.97. The van der Waals surface area contributed by atoms with Crippen LogP contribution in [0.3, 0.4) is 0 Å². The molecule has 0 aliphatic carbocycles. The number of ether oxygens (including phenoxy) is 1. The number of halogens is 1. The third kappa shape index (κ3) is 6.45. The molecule has 0 fully saturated rings. The van der Waals surface area contributed by atoms with Crippen molar-refractivity contribution in [2.24, 2.45) is 0 Å². The molecule has 0 saturated carbocycles. The Morgan fingerprint density at radius 1 is 1.07 bits per heavy atom. The maximum absolute atomic E-state index is 12.5. The predicted molar refractivity (Wildman–Crippen MR) is 112 cm³/mol. The number of hydrogen-bond donors (Lipinski definition) is 3. The van der Waals surface area contributed by atoms with Gasteiger partial charge in [0.25, 0.3) is 0 Å². The van der Waals surface area contributed by atoms with Gasteiger partial charge < -0.3 is 15.4 Å². The second-order valence-corrected chi connectivity index (χ2v) is 8.24. The van der Waals surface area contributed by atoms with Crippen LogP contribution in [-0.2, 0) is 19.6 Å². The normalized spacial score (nSPS) is 12.1. The fourth-order valence-electron chi connectivity index (χ4n) is 2.37. The first-order chi connectivity index (χ1) is 13.6. The van der Waals surface area contributed by atoms with E-state index in [1.165, 1.54) is 32.0 Å². The topological polar surface area (TPSA) is 114 Å². The van der Waals surface area contributed by atoms with E-state index in [0.717, 1.165) is 0 Å². The van der Waals surface area contributed by atoms with Crippen molar-refractivity contribution in [2.75, 3.05) is 17.2 Å². The lowest BCUT2D eigenvalue weighted by molar-refractivity contribution is -0.117. The molecule has 156 valence electrons. The Hall–Kier alpha value is -2.62. The fourth-order valence-corrected chi connectivity index (χ4v) is 3.89. The molecule has 0 radical (unpaired) electrons. The average Bonchev–Trinajstić information content (AvgIpc) is 2.64. The summed E-state index contributed by atoms with van der Waals surface area (Å²) in [6, 6.07) is 9.46. The molecule has 0 aliphatic heterocycles. The van der Waals surface area contributed by atoms with Gasteiger partial charge in [-0.1, -0.05) is 11.6 Å². The Morgan fingerprint density at radius 3 is 2.17 bits per heavy atom. The standard InChI is InChI=1S/C19H22ClN3O5S/c1-4-28-18-10-9-16(11-17(18)20)29(26,27)23-12(2)19(25)22-15-7-5-14(6-8-15)21-13(3)24/h5-12,23H,4H2,1-3H3,(H,21,24)(H,22,25)/t12-/m0/s1. The lowest BCUT2D eigenvalue weighted by atomic mass is 10.2. The minimum absolute atomic E-state index is 0.0785. The Bertz CT molecular complexity index is 993. The molecule has 29 heavy (non-hydrogen) atoms. The smallest absolute Gasteiger partial charge is 0.242 e. The molecule has 3 N–H and O–H groups in total. The van der Waals surface area contributed by atoms with Crippen molar-refractivity contribution in [3.8, 4) is 5.75 Å². The zero-order valence-corrected chi connectivity index (χ0v) is 17.7. The largest absolute Gasteiger partial charge is 0.492 e. The zero-order valence-electron chi connectivity index (χ0n) is 16.2. The van der Waals surface area contributed by atoms with Gasteiger partial charge in [-0.05, 0) is 56.3 Å². The van der Waals surface area contributed by atoms with Crippen molar-refractivity contribution in [1.82, 2.24) is 4.72 Å². The van der Waals surface area contributed by atoms with Crippen LogP contribution in [0.15, 0.2) is 47.4 Å². The minimum atomic E-state index is -3.97. The van der Waals surface area contributed by atoms with Crippen LogP contribution in [0, 0.1) is 0 Å². The molecule has 10 heteroatoms. The number of carbonyl (C=O) groups is 2. The SMILES string of the molecule is CCOc1ccc(S(=O)(=O)N[C@@H](C)C(=O)Nc2ccc(NC(C)=O)cc2)cc1Cl. The highest BCUT2D eigenvalue weighted by atomic mass is 35.5. The van der Waals surface area contributed by atoms with Crippen molar-refractivity contribution in [1.29, 1.82) is 0 Å². The van der Waals surface area contributed by atoms with Crippen molar-refractivity contribution >= 4 is 44.8 Å². The highest BCUT2D eigenvalue weighted by molar-refractivity contribution is 7.89. The van der Waals surface area contributed by atoms with E-state index in [2.05, 4.69) is 15.4 Å². The average molecular weight is 440 g/mol. The van der Waals surface area contributed by atoms with Crippen molar-refractivity contribution in [3.63, 3.8) is 0 Å². The second-order valence-electron chi connectivity index (χ2n) is 6.12. The van der Waals surface area contributed by atoms with Crippen LogP contribution in [0.4, 0.5) is 11.4 Å². The van der Waals surface area contributed by atoms with E-state index in [1.54, 1.807) is 31.2 Å². The van der Waals surface area contributed by atoms with Gasteiger partial charge >= 0.3 is 0 Å². The Balaban J connectivity index is 2.04. The summed E-state index contributed by atoms with van der Waals surface area (Å²) in [5.41, 5.74) is 1.04. The molecule has 0 aliphatic rings. The summed E-state index contributed by atoms with van der Waals surface area (Å²) in [6.07, 6.45) is 0. The van der Waals surface area contributed by atoms with Gasteiger partial charge in [0.2, 0.25) is 21.8 Å². The van der Waals surface area contributed by atoms with Gasteiger partial charge in [0.15, 0.2) is 0 Å². The molecule has 2 rings (SSSR count). The fraction of sp³-hybridized carbons (Fsp3) is 0.263. The molecule has 0 spiro atoms. The number of benzene rings is 2. The first-order valence-electron chi connectivity index (χ1n) is 8.75. The van der Waals surface area contributed by atoms with Gasteiger partial charge in [-0.25, -0.2) is 8.42 Å². The van der Waals surface area contributed by atoms with Crippen LogP contribution in [-0.4, -0.2) is 32.9 Å². The van der Waals surface area contributed by atoms with Gasteiger partial charge in [0, 0.05) is 18.3 Å². The van der Waals surface area contributed by atoms with Crippen molar-refractivity contribution in [3.05, 3.63) is 47.5 Å². The van der Waals surface area contributed by atoms with Gasteiger partial charge in [0.1, 0.15) is 5.75 Å². The van der Waals surface area contributed by atoms with E-state index in [-0.39, 0.29) is 15.8 Å². The van der Waals surface area contributed by atoms with Crippen molar-refractivity contribution < 1.29 is 22.7 Å². The highest BCUT2D eigenvalue weighted by Crippen LogP contribution is 2.27. The summed E-state index contributed by atoms with van der Waals surface area (Å²) in [6.45, 7) is 5.00. The molecular weight excluding hydrogens is 418 g/mol. The number of rotatable bonds is 8. The van der Waals surface area contributed by atoms with E-state index in [1.807, 2.05) is 0 Å². The molecule has 2 aromatic rings. The molecule has 0 unspecified atom stereocenters. The molecular formula is C19H22ClN3O5S. The van der Waals surface area contributed by atoms with Gasteiger partial charge in [0.05, 0.1) is 22.6 Å². The number of hydrogen-bond acceptors (Lipinski definition) is 5. The monoisotopic (exact) mass is 439 g/mol. The predicted octanol–water partition coefficient (Wildman–Crippen LogP) is 3.00. The van der Waals surface area contributed by atoms with E-state index >= 15 is 0 Å². The molecule has 2 amide bonds. The van der Waals surface area contributed by atoms with E-state index < -0.39 is 22.0 Å². The Labute approximate surface area is 174 Å². The molecule has 0 bridgehead atoms. The summed E-state index contributed by atoms with van der Waals surface area (Å²) in [4.78, 5) is 23.3. The minimum Gasteiger partial charge on any atom is -0.492 e. The number of sulfonamides is 1. The van der Waals surface area contributed by atoms with E-state index in [0.29, 0.717) is 23.7 Å². The number of anilines is 2. The Morgan fingerprint density at radius 2 is 1.66 bits per heavy atom. The zero-order chi connectivity index (χ0) is 21.6. The van der Waals surface area contributed by atoms with Crippen LogP contribution in [0.2, 0.25) is 5.02 Å². The van der Waals surface area contributed by atoms with Gasteiger partial charge in [-0.2, -0.15) is 4.72 Å². The number of amides is 2. The van der Waals surface area contributed by atoms with Crippen LogP contribution in [0.5, 0.6) is 5.75 Å². The van der Waals surface area contributed by atoms with E-state index in [9.17, 15) is 18.0 Å². The lowest BCUT2D eigenvalue weighted by Crippen LogP contribution is -2.41. The quantitative estimate of drug-likeness (QED) is 0.585. The molecule has 1 atom stereocenters. The van der Waals surface area contributed by atoms with Gasteiger partial charge in [-0.3, -0.25) is 9.59 Å². The van der Waals surface area contributed by atoms with Crippen LogP contribution >= 0.6 is 11.6 Å². The highest BCUT2D eigenvalue weighted by Gasteiger charge is 2.23. The first-order valence-corrected chi connectivity index (χ1v) is 10.6. The lowest BCUT2D eigenvalue weighted by Gasteiger charge is -2.15. The van der Waals surface area contributed by atoms with Crippen LogP contribution in [0.1, 0.15) is 20.8 Å².